The van der Waals surface area contributed by atoms with Crippen LogP contribution >= 0.6 is 0 Å². The lowest BCUT2D eigenvalue weighted by Gasteiger charge is -2.23. The lowest BCUT2D eigenvalue weighted by Crippen LogP contribution is -2.40. The van der Waals surface area contributed by atoms with Crippen molar-refractivity contribution in [3.05, 3.63) is 29.8 Å². The van der Waals surface area contributed by atoms with Gasteiger partial charge in [-0.15, -0.1) is 0 Å². The second kappa shape index (κ2) is 8.33. The summed E-state index contributed by atoms with van der Waals surface area (Å²) in [7, 11) is 0. The van der Waals surface area contributed by atoms with Gasteiger partial charge in [-0.3, -0.25) is 9.59 Å². The smallest absolute Gasteiger partial charge is 0.331 e. The first-order chi connectivity index (χ1) is 11.8. The van der Waals surface area contributed by atoms with Gasteiger partial charge in [0.2, 0.25) is 5.91 Å². The van der Waals surface area contributed by atoms with Crippen molar-refractivity contribution < 1.29 is 22.8 Å². The Bertz CT molecular complexity index is 613. The number of halogens is 3. The molecule has 1 heterocycles. The average molecular weight is 357 g/mol. The number of piperidine rings is 1. The van der Waals surface area contributed by atoms with Gasteiger partial charge in [0.15, 0.2) is 0 Å². The summed E-state index contributed by atoms with van der Waals surface area (Å²) in [5, 5.41) is 5.99. The first-order valence-corrected chi connectivity index (χ1v) is 8.28. The number of carbonyl (C=O) groups is 2. The molecule has 1 aliphatic heterocycles. The van der Waals surface area contributed by atoms with E-state index < -0.39 is 12.1 Å². The summed E-state index contributed by atoms with van der Waals surface area (Å²) >= 11 is 0. The molecule has 2 N–H and O–H groups in total. The van der Waals surface area contributed by atoms with Gasteiger partial charge in [-0.25, -0.2) is 0 Å². The lowest BCUT2D eigenvalue weighted by atomic mass is 9.97. The minimum Gasteiger partial charge on any atom is -0.331 e. The van der Waals surface area contributed by atoms with Gasteiger partial charge >= 0.3 is 12.1 Å². The Labute approximate surface area is 144 Å². The molecule has 0 spiro atoms. The highest BCUT2D eigenvalue weighted by atomic mass is 19.4. The third-order valence-corrected chi connectivity index (χ3v) is 4.19. The molecule has 1 saturated heterocycles. The molecular weight excluding hydrogens is 335 g/mol. The van der Waals surface area contributed by atoms with Crippen LogP contribution in [0.2, 0.25) is 0 Å². The molecule has 0 aromatic heterocycles. The highest BCUT2D eigenvalue weighted by Gasteiger charge is 2.41. The summed E-state index contributed by atoms with van der Waals surface area (Å²) in [6, 6.07) is 6.57. The van der Waals surface area contributed by atoms with Gasteiger partial charge in [-0.2, -0.15) is 13.2 Å². The van der Waals surface area contributed by atoms with Crippen LogP contribution in [0.15, 0.2) is 24.3 Å². The van der Waals surface area contributed by atoms with Gasteiger partial charge < -0.3 is 15.5 Å². The van der Waals surface area contributed by atoms with Crippen molar-refractivity contribution in [2.24, 2.45) is 5.92 Å². The number of amides is 2. The van der Waals surface area contributed by atoms with Crippen molar-refractivity contribution in [1.29, 1.82) is 0 Å². The van der Waals surface area contributed by atoms with Gasteiger partial charge in [0.05, 0.1) is 0 Å². The normalized spacial score (nSPS) is 15.7. The molecule has 1 aromatic carbocycles. The van der Waals surface area contributed by atoms with E-state index in [1.54, 1.807) is 24.3 Å². The van der Waals surface area contributed by atoms with E-state index in [1.807, 2.05) is 0 Å². The van der Waals surface area contributed by atoms with Crippen LogP contribution in [-0.2, 0) is 16.1 Å². The fourth-order valence-corrected chi connectivity index (χ4v) is 2.80. The minimum absolute atomic E-state index is 0.0516. The molecular formula is C17H22F3N3O2. The minimum atomic E-state index is -4.89. The van der Waals surface area contributed by atoms with Crippen molar-refractivity contribution in [1.82, 2.24) is 10.2 Å². The van der Waals surface area contributed by atoms with Crippen molar-refractivity contribution in [2.45, 2.75) is 32.5 Å². The Morgan fingerprint density at radius 1 is 1.28 bits per heavy atom. The molecule has 0 unspecified atom stereocenters. The first-order valence-electron chi connectivity index (χ1n) is 8.28. The van der Waals surface area contributed by atoms with E-state index >= 15 is 0 Å². The molecule has 1 fully saturated rings. The average Bonchev–Trinajstić information content (AvgIpc) is 2.59. The van der Waals surface area contributed by atoms with Gasteiger partial charge in [-0.1, -0.05) is 12.1 Å². The third kappa shape index (κ3) is 5.45. The Morgan fingerprint density at radius 3 is 2.56 bits per heavy atom. The summed E-state index contributed by atoms with van der Waals surface area (Å²) in [4.78, 5) is 24.4. The number of nitrogens with one attached hydrogen (secondary N) is 2. The van der Waals surface area contributed by atoms with Crippen LogP contribution in [0.1, 0.15) is 25.3 Å². The molecule has 0 radical (unpaired) electrons. The third-order valence-electron chi connectivity index (χ3n) is 4.19. The highest BCUT2D eigenvalue weighted by Crippen LogP contribution is 2.21. The first kappa shape index (κ1) is 19.2. The van der Waals surface area contributed by atoms with Gasteiger partial charge in [0.25, 0.3) is 0 Å². The fourth-order valence-electron chi connectivity index (χ4n) is 2.80. The van der Waals surface area contributed by atoms with Crippen LogP contribution in [-0.4, -0.2) is 42.5 Å². The highest BCUT2D eigenvalue weighted by molar-refractivity contribution is 5.92. The van der Waals surface area contributed by atoms with Gasteiger partial charge in [0, 0.05) is 24.7 Å². The van der Waals surface area contributed by atoms with Crippen LogP contribution in [0.25, 0.3) is 0 Å². The fraction of sp³-hybridized carbons (Fsp3) is 0.529. The summed E-state index contributed by atoms with van der Waals surface area (Å²) in [5.41, 5.74) is 1.05. The summed E-state index contributed by atoms with van der Waals surface area (Å²) in [6.07, 6.45) is -3.37. The zero-order chi connectivity index (χ0) is 18.4. The van der Waals surface area contributed by atoms with Crippen molar-refractivity contribution in [3.8, 4) is 0 Å². The second-order valence-electron chi connectivity index (χ2n) is 6.03. The molecule has 1 aromatic rings. The zero-order valence-electron chi connectivity index (χ0n) is 14.0. The Balaban J connectivity index is 2.02. The van der Waals surface area contributed by atoms with Crippen molar-refractivity contribution in [2.75, 3.05) is 25.0 Å². The van der Waals surface area contributed by atoms with Crippen LogP contribution in [0.3, 0.4) is 0 Å². The van der Waals surface area contributed by atoms with E-state index in [1.165, 1.54) is 6.92 Å². The van der Waals surface area contributed by atoms with Crippen LogP contribution < -0.4 is 10.6 Å². The molecule has 0 atom stereocenters. The predicted molar refractivity (Wildman–Crippen MR) is 87.8 cm³/mol. The topological polar surface area (TPSA) is 61.4 Å². The monoisotopic (exact) mass is 357 g/mol. The molecule has 1 aliphatic rings. The SMILES string of the molecule is CCN(Cc1cccc(NC(=O)C2CCNCC2)c1)C(=O)C(F)(F)F. The molecule has 25 heavy (non-hydrogen) atoms. The number of hydrogen-bond acceptors (Lipinski definition) is 3. The van der Waals surface area contributed by atoms with Crippen LogP contribution in [0, 0.1) is 5.92 Å². The van der Waals surface area contributed by atoms with E-state index in [2.05, 4.69) is 10.6 Å². The quantitative estimate of drug-likeness (QED) is 0.851. The standard InChI is InChI=1S/C17H22F3N3O2/c1-2-23(16(25)17(18,19)20)11-12-4-3-5-14(10-12)22-15(24)13-6-8-21-9-7-13/h3-5,10,13,21H,2,6-9,11H2,1H3,(H,22,24). The molecule has 2 amide bonds. The number of alkyl halides is 3. The molecule has 2 rings (SSSR count). The van der Waals surface area contributed by atoms with E-state index in [4.69, 9.17) is 0 Å². The van der Waals surface area contributed by atoms with E-state index in [9.17, 15) is 22.8 Å². The molecule has 0 bridgehead atoms. The van der Waals surface area contributed by atoms with Gasteiger partial charge in [0.1, 0.15) is 0 Å². The largest absolute Gasteiger partial charge is 0.471 e. The second-order valence-corrected chi connectivity index (χ2v) is 6.03. The van der Waals surface area contributed by atoms with Crippen LogP contribution in [0.4, 0.5) is 18.9 Å². The molecule has 0 saturated carbocycles. The van der Waals surface area contributed by atoms with Crippen LogP contribution in [0.5, 0.6) is 0 Å². The summed E-state index contributed by atoms with van der Waals surface area (Å²) in [6.45, 7) is 2.87. The summed E-state index contributed by atoms with van der Waals surface area (Å²) in [5.74, 6) is -2.01. The Morgan fingerprint density at radius 2 is 1.96 bits per heavy atom. The summed E-state index contributed by atoms with van der Waals surface area (Å²) < 4.78 is 37.8. The maximum absolute atomic E-state index is 12.6. The number of rotatable bonds is 5. The number of carbonyl (C=O) groups excluding carboxylic acids is 2. The number of hydrogen-bond donors (Lipinski definition) is 2. The Kier molecular flexibility index (Phi) is 6.41. The number of nitrogens with zero attached hydrogens (tertiary/aromatic N) is 1. The van der Waals surface area contributed by atoms with E-state index in [-0.39, 0.29) is 24.9 Å². The molecule has 0 aliphatic carbocycles. The molecule has 5 nitrogen and oxygen atoms in total. The van der Waals surface area contributed by atoms with Gasteiger partial charge in [-0.05, 0) is 50.6 Å². The molecule has 138 valence electrons. The predicted octanol–water partition coefficient (Wildman–Crippen LogP) is 2.54. The lowest BCUT2D eigenvalue weighted by molar-refractivity contribution is -0.185. The van der Waals surface area contributed by atoms with Crippen molar-refractivity contribution in [3.63, 3.8) is 0 Å². The molecule has 8 heteroatoms. The maximum atomic E-state index is 12.6. The van der Waals surface area contributed by atoms with E-state index in [0.717, 1.165) is 30.8 Å². The maximum Gasteiger partial charge on any atom is 0.471 e. The van der Waals surface area contributed by atoms with E-state index in [0.29, 0.717) is 11.3 Å². The zero-order valence-corrected chi connectivity index (χ0v) is 14.0. The number of benzene rings is 1. The Hall–Kier alpha value is -2.09. The van der Waals surface area contributed by atoms with Crippen molar-refractivity contribution >= 4 is 17.5 Å². The number of anilines is 1.